The minimum atomic E-state index is -0.606. The standard InChI is InChI=1S/C15H26O2/c1-15(17)10-6-5-9-13(11-15)14(16)12-7-3-2-4-8-12/h12-13,17H,2-11H2,1H3. The van der Waals surface area contributed by atoms with Crippen LogP contribution >= 0.6 is 0 Å². The van der Waals surface area contributed by atoms with E-state index in [0.717, 1.165) is 38.5 Å². The van der Waals surface area contributed by atoms with Gasteiger partial charge in [-0.05, 0) is 39.0 Å². The lowest BCUT2D eigenvalue weighted by Crippen LogP contribution is -2.32. The summed E-state index contributed by atoms with van der Waals surface area (Å²) in [4.78, 5) is 12.5. The molecule has 0 aromatic rings. The summed E-state index contributed by atoms with van der Waals surface area (Å²) in [6.07, 6.45) is 10.7. The Morgan fingerprint density at radius 3 is 2.29 bits per heavy atom. The van der Waals surface area contributed by atoms with Crippen LogP contribution in [0.1, 0.15) is 71.1 Å². The molecule has 0 saturated heterocycles. The monoisotopic (exact) mass is 238 g/mol. The summed E-state index contributed by atoms with van der Waals surface area (Å²) in [6, 6.07) is 0. The van der Waals surface area contributed by atoms with Gasteiger partial charge < -0.3 is 5.11 Å². The van der Waals surface area contributed by atoms with E-state index in [2.05, 4.69) is 0 Å². The molecule has 2 aliphatic carbocycles. The maximum atomic E-state index is 12.5. The molecule has 2 atom stereocenters. The molecule has 2 fully saturated rings. The molecule has 0 spiro atoms. The molecule has 2 rings (SSSR count). The molecule has 2 heteroatoms. The van der Waals surface area contributed by atoms with Crippen molar-refractivity contribution < 1.29 is 9.90 Å². The van der Waals surface area contributed by atoms with Crippen molar-refractivity contribution in [2.24, 2.45) is 11.8 Å². The Hall–Kier alpha value is -0.370. The van der Waals surface area contributed by atoms with Gasteiger partial charge in [0.05, 0.1) is 5.60 Å². The number of carbonyl (C=O) groups excluding carboxylic acids is 1. The number of hydrogen-bond donors (Lipinski definition) is 1. The van der Waals surface area contributed by atoms with Gasteiger partial charge >= 0.3 is 0 Å². The topological polar surface area (TPSA) is 37.3 Å². The number of ketones is 1. The van der Waals surface area contributed by atoms with Crippen LogP contribution in [-0.4, -0.2) is 16.5 Å². The highest BCUT2D eigenvalue weighted by Crippen LogP contribution is 2.35. The van der Waals surface area contributed by atoms with Crippen molar-refractivity contribution >= 4 is 5.78 Å². The molecule has 0 aromatic carbocycles. The molecule has 2 unspecified atom stereocenters. The molecule has 0 aliphatic heterocycles. The van der Waals surface area contributed by atoms with Crippen LogP contribution in [0.15, 0.2) is 0 Å². The van der Waals surface area contributed by atoms with Gasteiger partial charge in [0.2, 0.25) is 0 Å². The fraction of sp³-hybridized carbons (Fsp3) is 0.933. The van der Waals surface area contributed by atoms with E-state index < -0.39 is 5.60 Å². The molecular weight excluding hydrogens is 212 g/mol. The maximum absolute atomic E-state index is 12.5. The Labute approximate surface area is 105 Å². The summed E-state index contributed by atoms with van der Waals surface area (Å²) < 4.78 is 0. The fourth-order valence-electron chi connectivity index (χ4n) is 3.59. The number of rotatable bonds is 2. The van der Waals surface area contributed by atoms with Crippen LogP contribution in [0.25, 0.3) is 0 Å². The first-order valence-electron chi connectivity index (χ1n) is 7.35. The average Bonchev–Trinajstić information content (AvgIpc) is 2.50. The second-order valence-corrected chi connectivity index (χ2v) is 6.38. The Morgan fingerprint density at radius 1 is 1.00 bits per heavy atom. The van der Waals surface area contributed by atoms with Crippen LogP contribution in [0.2, 0.25) is 0 Å². The van der Waals surface area contributed by atoms with Gasteiger partial charge in [-0.15, -0.1) is 0 Å². The van der Waals surface area contributed by atoms with E-state index in [1.807, 2.05) is 6.92 Å². The summed E-state index contributed by atoms with van der Waals surface area (Å²) in [5.41, 5.74) is -0.606. The highest BCUT2D eigenvalue weighted by Gasteiger charge is 2.34. The first-order valence-corrected chi connectivity index (χ1v) is 7.35. The van der Waals surface area contributed by atoms with Crippen molar-refractivity contribution in [1.29, 1.82) is 0 Å². The second kappa shape index (κ2) is 5.51. The van der Waals surface area contributed by atoms with Gasteiger partial charge in [0.25, 0.3) is 0 Å². The molecule has 1 N–H and O–H groups in total. The molecule has 0 amide bonds. The molecule has 2 nitrogen and oxygen atoms in total. The van der Waals surface area contributed by atoms with Crippen LogP contribution in [0.4, 0.5) is 0 Å². The fourth-order valence-corrected chi connectivity index (χ4v) is 3.59. The van der Waals surface area contributed by atoms with Crippen LogP contribution in [0.5, 0.6) is 0 Å². The molecule has 2 aliphatic rings. The summed E-state index contributed by atoms with van der Waals surface area (Å²) in [5.74, 6) is 0.908. The van der Waals surface area contributed by atoms with Crippen molar-refractivity contribution in [3.05, 3.63) is 0 Å². The number of aliphatic hydroxyl groups is 1. The minimum Gasteiger partial charge on any atom is -0.390 e. The lowest BCUT2D eigenvalue weighted by molar-refractivity contribution is -0.129. The van der Waals surface area contributed by atoms with Crippen molar-refractivity contribution in [2.75, 3.05) is 0 Å². The normalized spacial score (nSPS) is 36.5. The summed E-state index contributed by atoms with van der Waals surface area (Å²) in [5, 5.41) is 10.2. The van der Waals surface area contributed by atoms with E-state index in [1.54, 1.807) is 0 Å². The van der Waals surface area contributed by atoms with Crippen molar-refractivity contribution in [1.82, 2.24) is 0 Å². The number of carbonyl (C=O) groups is 1. The van der Waals surface area contributed by atoms with Crippen molar-refractivity contribution in [3.63, 3.8) is 0 Å². The molecule has 17 heavy (non-hydrogen) atoms. The van der Waals surface area contributed by atoms with E-state index in [4.69, 9.17) is 0 Å². The molecular formula is C15H26O2. The van der Waals surface area contributed by atoms with Crippen molar-refractivity contribution in [3.8, 4) is 0 Å². The molecule has 0 aromatic heterocycles. The zero-order valence-electron chi connectivity index (χ0n) is 11.1. The highest BCUT2D eigenvalue weighted by molar-refractivity contribution is 5.83. The molecule has 98 valence electrons. The number of hydrogen-bond acceptors (Lipinski definition) is 2. The molecule has 0 bridgehead atoms. The number of Topliss-reactive ketones (excluding diaryl/α,β-unsaturated/α-hetero) is 1. The van der Waals surface area contributed by atoms with Gasteiger partial charge in [0, 0.05) is 11.8 Å². The largest absolute Gasteiger partial charge is 0.390 e. The van der Waals surface area contributed by atoms with E-state index >= 15 is 0 Å². The third kappa shape index (κ3) is 3.54. The van der Waals surface area contributed by atoms with Gasteiger partial charge in [0.15, 0.2) is 0 Å². The van der Waals surface area contributed by atoms with E-state index in [0.29, 0.717) is 18.1 Å². The third-order valence-electron chi connectivity index (χ3n) is 4.61. The summed E-state index contributed by atoms with van der Waals surface area (Å²) >= 11 is 0. The maximum Gasteiger partial charge on any atom is 0.139 e. The van der Waals surface area contributed by atoms with Crippen molar-refractivity contribution in [2.45, 2.75) is 76.7 Å². The van der Waals surface area contributed by atoms with Crippen LogP contribution in [0.3, 0.4) is 0 Å². The molecule has 0 radical (unpaired) electrons. The van der Waals surface area contributed by atoms with E-state index in [9.17, 15) is 9.90 Å². The lowest BCUT2D eigenvalue weighted by Gasteiger charge is -2.28. The van der Waals surface area contributed by atoms with Gasteiger partial charge in [-0.25, -0.2) is 0 Å². The zero-order valence-corrected chi connectivity index (χ0v) is 11.1. The Kier molecular flexibility index (Phi) is 4.24. The predicted octanol–water partition coefficient (Wildman–Crippen LogP) is 3.47. The van der Waals surface area contributed by atoms with Gasteiger partial charge in [0.1, 0.15) is 5.78 Å². The van der Waals surface area contributed by atoms with E-state index in [-0.39, 0.29) is 5.92 Å². The molecule has 2 saturated carbocycles. The Morgan fingerprint density at radius 2 is 1.59 bits per heavy atom. The Balaban J connectivity index is 1.97. The van der Waals surface area contributed by atoms with Gasteiger partial charge in [-0.1, -0.05) is 32.1 Å². The second-order valence-electron chi connectivity index (χ2n) is 6.38. The zero-order chi connectivity index (χ0) is 12.3. The lowest BCUT2D eigenvalue weighted by atomic mass is 9.78. The van der Waals surface area contributed by atoms with Gasteiger partial charge in [-0.3, -0.25) is 4.79 Å². The predicted molar refractivity (Wildman–Crippen MR) is 68.8 cm³/mol. The van der Waals surface area contributed by atoms with Crippen LogP contribution < -0.4 is 0 Å². The first kappa shape index (κ1) is 13.1. The Bertz CT molecular complexity index is 264. The quantitative estimate of drug-likeness (QED) is 0.748. The smallest absolute Gasteiger partial charge is 0.139 e. The van der Waals surface area contributed by atoms with Crippen LogP contribution in [-0.2, 0) is 4.79 Å². The van der Waals surface area contributed by atoms with E-state index in [1.165, 1.54) is 19.3 Å². The SMILES string of the molecule is CC1(O)CCCCC(C(=O)C2CCCCC2)C1. The first-order chi connectivity index (χ1) is 8.08. The van der Waals surface area contributed by atoms with Crippen LogP contribution in [0, 0.1) is 11.8 Å². The average molecular weight is 238 g/mol. The highest BCUT2D eigenvalue weighted by atomic mass is 16.3. The minimum absolute atomic E-state index is 0.135. The molecule has 0 heterocycles. The summed E-state index contributed by atoms with van der Waals surface area (Å²) in [6.45, 7) is 1.90. The van der Waals surface area contributed by atoms with Gasteiger partial charge in [-0.2, -0.15) is 0 Å². The third-order valence-corrected chi connectivity index (χ3v) is 4.61. The summed E-state index contributed by atoms with van der Waals surface area (Å²) in [7, 11) is 0.